The van der Waals surface area contributed by atoms with Crippen molar-refractivity contribution < 1.29 is 5.11 Å². The van der Waals surface area contributed by atoms with Gasteiger partial charge >= 0.3 is 0 Å². The number of rotatable bonds is 3. The summed E-state index contributed by atoms with van der Waals surface area (Å²) in [6.07, 6.45) is 1.62. The highest BCUT2D eigenvalue weighted by Gasteiger charge is 2.00. The molecule has 0 saturated carbocycles. The Kier molecular flexibility index (Phi) is 4.01. The molecule has 66 valence electrons. The first-order valence-electron chi connectivity index (χ1n) is 4.11. The van der Waals surface area contributed by atoms with Crippen LogP contribution >= 0.6 is 22.6 Å². The van der Waals surface area contributed by atoms with Crippen LogP contribution in [0.2, 0.25) is 0 Å². The molecule has 0 radical (unpaired) electrons. The Hall–Kier alpha value is -0.0900. The molecular weight excluding hydrogens is 263 g/mol. The normalized spacial score (nSPS) is 12.9. The van der Waals surface area contributed by atoms with Crippen LogP contribution in [0.15, 0.2) is 24.3 Å². The molecule has 0 aromatic heterocycles. The molecule has 0 fully saturated rings. The van der Waals surface area contributed by atoms with Gasteiger partial charge in [-0.2, -0.15) is 0 Å². The van der Waals surface area contributed by atoms with Gasteiger partial charge in [0.15, 0.2) is 0 Å². The van der Waals surface area contributed by atoms with Gasteiger partial charge in [0.05, 0.1) is 6.10 Å². The molecule has 0 spiro atoms. The molecule has 1 aromatic carbocycles. The first kappa shape index (κ1) is 9.99. The second kappa shape index (κ2) is 4.82. The van der Waals surface area contributed by atoms with Crippen LogP contribution in [0.4, 0.5) is 0 Å². The summed E-state index contributed by atoms with van der Waals surface area (Å²) in [6.45, 7) is 1.83. The molecule has 2 heteroatoms. The Bertz CT molecular complexity index is 245. The van der Waals surface area contributed by atoms with Crippen molar-refractivity contribution in [2.45, 2.75) is 25.9 Å². The summed E-state index contributed by atoms with van der Waals surface area (Å²) < 4.78 is 1.29. The van der Waals surface area contributed by atoms with Gasteiger partial charge in [0.2, 0.25) is 0 Å². The summed E-state index contributed by atoms with van der Waals surface area (Å²) >= 11 is 2.33. The minimum Gasteiger partial charge on any atom is -0.393 e. The van der Waals surface area contributed by atoms with Gasteiger partial charge in [-0.15, -0.1) is 0 Å². The Balaban J connectivity index is 2.57. The molecule has 0 amide bonds. The zero-order valence-electron chi connectivity index (χ0n) is 7.13. The standard InChI is InChI=1S/C10H13IO/c1-8(12)6-7-9-4-2-3-5-10(9)11/h2-5,8,12H,6-7H2,1H3. The minimum atomic E-state index is -0.194. The molecule has 0 aliphatic rings. The molecular formula is C10H13IO. The highest BCUT2D eigenvalue weighted by Crippen LogP contribution is 2.13. The van der Waals surface area contributed by atoms with Crippen LogP contribution in [-0.4, -0.2) is 11.2 Å². The average Bonchev–Trinajstić information content (AvgIpc) is 2.03. The maximum Gasteiger partial charge on any atom is 0.0515 e. The summed E-state index contributed by atoms with van der Waals surface area (Å²) in [6, 6.07) is 8.29. The Morgan fingerprint density at radius 1 is 1.42 bits per heavy atom. The van der Waals surface area contributed by atoms with Crippen molar-refractivity contribution in [3.63, 3.8) is 0 Å². The number of aryl methyl sites for hydroxylation is 1. The SMILES string of the molecule is CC(O)CCc1ccccc1I. The zero-order valence-corrected chi connectivity index (χ0v) is 9.28. The van der Waals surface area contributed by atoms with Crippen molar-refractivity contribution in [3.05, 3.63) is 33.4 Å². The van der Waals surface area contributed by atoms with Crippen molar-refractivity contribution in [1.29, 1.82) is 0 Å². The minimum absolute atomic E-state index is 0.194. The van der Waals surface area contributed by atoms with Crippen molar-refractivity contribution >= 4 is 22.6 Å². The van der Waals surface area contributed by atoms with Crippen LogP contribution in [-0.2, 0) is 6.42 Å². The van der Waals surface area contributed by atoms with E-state index in [0.717, 1.165) is 12.8 Å². The molecule has 1 N–H and O–H groups in total. The van der Waals surface area contributed by atoms with E-state index in [4.69, 9.17) is 5.11 Å². The van der Waals surface area contributed by atoms with E-state index in [-0.39, 0.29) is 6.10 Å². The topological polar surface area (TPSA) is 20.2 Å². The number of aliphatic hydroxyl groups is 1. The lowest BCUT2D eigenvalue weighted by Gasteiger charge is -2.05. The van der Waals surface area contributed by atoms with E-state index < -0.39 is 0 Å². The van der Waals surface area contributed by atoms with Crippen molar-refractivity contribution in [2.75, 3.05) is 0 Å². The molecule has 1 rings (SSSR count). The second-order valence-corrected chi connectivity index (χ2v) is 4.14. The summed E-state index contributed by atoms with van der Waals surface area (Å²) in [5, 5.41) is 9.10. The number of benzene rings is 1. The smallest absolute Gasteiger partial charge is 0.0515 e. The summed E-state index contributed by atoms with van der Waals surface area (Å²) in [4.78, 5) is 0. The number of hydrogen-bond donors (Lipinski definition) is 1. The molecule has 1 atom stereocenters. The maximum atomic E-state index is 9.10. The van der Waals surface area contributed by atoms with Gasteiger partial charge in [-0.3, -0.25) is 0 Å². The second-order valence-electron chi connectivity index (χ2n) is 2.98. The molecule has 1 unspecified atom stereocenters. The Morgan fingerprint density at radius 3 is 2.67 bits per heavy atom. The van der Waals surface area contributed by atoms with Gasteiger partial charge in [-0.1, -0.05) is 18.2 Å². The highest BCUT2D eigenvalue weighted by atomic mass is 127. The fraction of sp³-hybridized carbons (Fsp3) is 0.400. The van der Waals surface area contributed by atoms with Gasteiger partial charge < -0.3 is 5.11 Å². The lowest BCUT2D eigenvalue weighted by atomic mass is 10.1. The van der Waals surface area contributed by atoms with Crippen molar-refractivity contribution in [2.24, 2.45) is 0 Å². The fourth-order valence-corrected chi connectivity index (χ4v) is 1.72. The van der Waals surface area contributed by atoms with Crippen LogP contribution < -0.4 is 0 Å². The van der Waals surface area contributed by atoms with Crippen LogP contribution in [0, 0.1) is 3.57 Å². The maximum absolute atomic E-state index is 9.10. The number of aliphatic hydroxyl groups excluding tert-OH is 1. The fourth-order valence-electron chi connectivity index (χ4n) is 1.07. The molecule has 0 bridgehead atoms. The van der Waals surface area contributed by atoms with Crippen LogP contribution in [0.25, 0.3) is 0 Å². The third-order valence-electron chi connectivity index (χ3n) is 1.79. The summed E-state index contributed by atoms with van der Waals surface area (Å²) in [5.74, 6) is 0. The number of hydrogen-bond acceptors (Lipinski definition) is 1. The molecule has 0 aliphatic heterocycles. The van der Waals surface area contributed by atoms with E-state index >= 15 is 0 Å². The molecule has 0 heterocycles. The van der Waals surface area contributed by atoms with Crippen LogP contribution in [0.3, 0.4) is 0 Å². The third kappa shape index (κ3) is 3.11. The van der Waals surface area contributed by atoms with Gasteiger partial charge in [-0.25, -0.2) is 0 Å². The van der Waals surface area contributed by atoms with E-state index in [2.05, 4.69) is 34.7 Å². The Morgan fingerprint density at radius 2 is 2.08 bits per heavy atom. The molecule has 1 aromatic rings. The number of halogens is 1. The Labute approximate surface area is 86.9 Å². The summed E-state index contributed by atoms with van der Waals surface area (Å²) in [7, 11) is 0. The van der Waals surface area contributed by atoms with Gasteiger partial charge in [0.25, 0.3) is 0 Å². The first-order valence-corrected chi connectivity index (χ1v) is 5.19. The highest BCUT2D eigenvalue weighted by molar-refractivity contribution is 14.1. The molecule has 1 nitrogen and oxygen atoms in total. The van der Waals surface area contributed by atoms with Crippen molar-refractivity contribution in [1.82, 2.24) is 0 Å². The lowest BCUT2D eigenvalue weighted by Crippen LogP contribution is -2.02. The third-order valence-corrected chi connectivity index (χ3v) is 2.84. The van der Waals surface area contributed by atoms with E-state index in [9.17, 15) is 0 Å². The van der Waals surface area contributed by atoms with E-state index in [1.807, 2.05) is 19.1 Å². The zero-order chi connectivity index (χ0) is 8.97. The monoisotopic (exact) mass is 276 g/mol. The van der Waals surface area contributed by atoms with E-state index in [1.165, 1.54) is 9.13 Å². The van der Waals surface area contributed by atoms with Gasteiger partial charge in [0.1, 0.15) is 0 Å². The van der Waals surface area contributed by atoms with E-state index in [1.54, 1.807) is 0 Å². The summed E-state index contributed by atoms with van der Waals surface area (Å²) in [5.41, 5.74) is 1.33. The van der Waals surface area contributed by atoms with Gasteiger partial charge in [-0.05, 0) is 54.0 Å². The van der Waals surface area contributed by atoms with Gasteiger partial charge in [0, 0.05) is 3.57 Å². The van der Waals surface area contributed by atoms with E-state index in [0.29, 0.717) is 0 Å². The lowest BCUT2D eigenvalue weighted by molar-refractivity contribution is 0.185. The molecule has 12 heavy (non-hydrogen) atoms. The predicted molar refractivity (Wildman–Crippen MR) is 59.2 cm³/mol. The van der Waals surface area contributed by atoms with Crippen LogP contribution in [0.1, 0.15) is 18.9 Å². The first-order chi connectivity index (χ1) is 5.70. The average molecular weight is 276 g/mol. The van der Waals surface area contributed by atoms with Crippen LogP contribution in [0.5, 0.6) is 0 Å². The predicted octanol–water partition coefficient (Wildman–Crippen LogP) is 2.60. The molecule has 0 saturated heterocycles. The van der Waals surface area contributed by atoms with Crippen molar-refractivity contribution in [3.8, 4) is 0 Å². The largest absolute Gasteiger partial charge is 0.393 e. The molecule has 0 aliphatic carbocycles. The quantitative estimate of drug-likeness (QED) is 0.841.